The van der Waals surface area contributed by atoms with Crippen LogP contribution in [-0.4, -0.2) is 42.2 Å². The second-order valence-electron chi connectivity index (χ2n) is 6.94. The average Bonchev–Trinajstić information content (AvgIpc) is 2.66. The zero-order valence-electron chi connectivity index (χ0n) is 14.4. The van der Waals surface area contributed by atoms with E-state index in [-0.39, 0.29) is 0 Å². The van der Waals surface area contributed by atoms with E-state index in [1.54, 1.807) is 7.11 Å². The summed E-state index contributed by atoms with van der Waals surface area (Å²) in [7, 11) is 1.69. The number of aromatic nitrogens is 1. The number of piperidine rings is 3. The molecule has 3 aliphatic heterocycles. The van der Waals surface area contributed by atoms with Crippen molar-refractivity contribution >= 4 is 5.82 Å². The first-order chi connectivity index (χ1) is 11.7. The SMILES string of the molecule is COc1ccc(-c2ccc(N[C@H]3C4CCN(CC4)[C@@H]3C)nc2)cc1. The summed E-state index contributed by atoms with van der Waals surface area (Å²) in [6.45, 7) is 4.86. The highest BCUT2D eigenvalue weighted by molar-refractivity contribution is 5.64. The number of hydrogen-bond donors (Lipinski definition) is 1. The Labute approximate surface area is 143 Å². The molecule has 3 saturated heterocycles. The van der Waals surface area contributed by atoms with E-state index in [0.29, 0.717) is 12.1 Å². The molecule has 0 radical (unpaired) electrons. The van der Waals surface area contributed by atoms with Gasteiger partial charge in [-0.05, 0) is 68.6 Å². The Morgan fingerprint density at radius 2 is 1.75 bits per heavy atom. The highest BCUT2D eigenvalue weighted by Gasteiger charge is 2.39. The molecule has 2 bridgehead atoms. The standard InChI is InChI=1S/C20H25N3O/c1-14-20(16-9-11-23(14)12-10-16)22-19-8-5-17(13-21-19)15-3-6-18(24-2)7-4-15/h3-8,13-14,16,20H,9-12H2,1-2H3,(H,21,22)/t14-,20-/m1/s1. The third-order valence-corrected chi connectivity index (χ3v) is 5.68. The van der Waals surface area contributed by atoms with Crippen molar-refractivity contribution in [3.63, 3.8) is 0 Å². The summed E-state index contributed by atoms with van der Waals surface area (Å²) in [6, 6.07) is 13.5. The molecule has 3 aliphatic rings. The van der Waals surface area contributed by atoms with Gasteiger partial charge in [0, 0.05) is 23.8 Å². The van der Waals surface area contributed by atoms with Crippen molar-refractivity contribution in [2.24, 2.45) is 5.92 Å². The molecule has 0 unspecified atom stereocenters. The predicted octanol–water partition coefficient (Wildman–Crippen LogP) is 3.65. The summed E-state index contributed by atoms with van der Waals surface area (Å²) in [5.41, 5.74) is 2.29. The number of anilines is 1. The van der Waals surface area contributed by atoms with Crippen molar-refractivity contribution in [3.8, 4) is 16.9 Å². The Balaban J connectivity index is 1.47. The lowest BCUT2D eigenvalue weighted by Crippen LogP contribution is -2.59. The molecule has 0 spiro atoms. The zero-order chi connectivity index (χ0) is 16.5. The first-order valence-electron chi connectivity index (χ1n) is 8.85. The molecule has 3 fully saturated rings. The van der Waals surface area contributed by atoms with Gasteiger partial charge in [-0.25, -0.2) is 4.98 Å². The Bertz CT molecular complexity index is 673. The lowest BCUT2D eigenvalue weighted by Gasteiger charge is -2.50. The van der Waals surface area contributed by atoms with Crippen LogP contribution < -0.4 is 10.1 Å². The Morgan fingerprint density at radius 3 is 2.33 bits per heavy atom. The molecule has 4 heteroatoms. The third-order valence-electron chi connectivity index (χ3n) is 5.68. The van der Waals surface area contributed by atoms with Crippen molar-refractivity contribution in [2.75, 3.05) is 25.5 Å². The monoisotopic (exact) mass is 323 g/mol. The molecule has 0 aliphatic carbocycles. The topological polar surface area (TPSA) is 37.4 Å². The van der Waals surface area contributed by atoms with Crippen LogP contribution >= 0.6 is 0 Å². The minimum Gasteiger partial charge on any atom is -0.497 e. The van der Waals surface area contributed by atoms with Gasteiger partial charge in [-0.3, -0.25) is 4.90 Å². The van der Waals surface area contributed by atoms with Crippen LogP contribution in [0.25, 0.3) is 11.1 Å². The lowest BCUT2D eigenvalue weighted by atomic mass is 9.79. The van der Waals surface area contributed by atoms with E-state index in [9.17, 15) is 0 Å². The Morgan fingerprint density at radius 1 is 1.04 bits per heavy atom. The lowest BCUT2D eigenvalue weighted by molar-refractivity contribution is 0.0457. The van der Waals surface area contributed by atoms with Crippen LogP contribution in [0.3, 0.4) is 0 Å². The average molecular weight is 323 g/mol. The maximum absolute atomic E-state index is 5.21. The van der Waals surface area contributed by atoms with Crippen molar-refractivity contribution < 1.29 is 4.74 Å². The first-order valence-corrected chi connectivity index (χ1v) is 8.85. The number of methoxy groups -OCH3 is 1. The van der Waals surface area contributed by atoms with E-state index < -0.39 is 0 Å². The number of nitrogens with one attached hydrogen (secondary N) is 1. The second kappa shape index (κ2) is 6.44. The maximum atomic E-state index is 5.21. The number of benzene rings is 1. The van der Waals surface area contributed by atoms with E-state index in [4.69, 9.17) is 4.74 Å². The van der Waals surface area contributed by atoms with Crippen molar-refractivity contribution in [2.45, 2.75) is 31.8 Å². The fourth-order valence-electron chi connectivity index (χ4n) is 4.15. The van der Waals surface area contributed by atoms with Gasteiger partial charge < -0.3 is 10.1 Å². The Hall–Kier alpha value is -2.07. The summed E-state index contributed by atoms with van der Waals surface area (Å²) in [5.74, 6) is 2.65. The van der Waals surface area contributed by atoms with E-state index in [1.807, 2.05) is 18.3 Å². The van der Waals surface area contributed by atoms with Crippen LogP contribution in [0.4, 0.5) is 5.82 Å². The van der Waals surface area contributed by atoms with Crippen LogP contribution in [0.2, 0.25) is 0 Å². The van der Waals surface area contributed by atoms with Gasteiger partial charge in [0.05, 0.1) is 7.11 Å². The fraction of sp³-hybridized carbons (Fsp3) is 0.450. The van der Waals surface area contributed by atoms with Crippen molar-refractivity contribution in [1.29, 1.82) is 0 Å². The maximum Gasteiger partial charge on any atom is 0.126 e. The predicted molar refractivity (Wildman–Crippen MR) is 97.4 cm³/mol. The molecular formula is C20H25N3O. The summed E-state index contributed by atoms with van der Waals surface area (Å²) in [4.78, 5) is 7.25. The van der Waals surface area contributed by atoms with E-state index in [2.05, 4.69) is 46.4 Å². The normalized spacial score (nSPS) is 28.6. The van der Waals surface area contributed by atoms with Gasteiger partial charge in [-0.15, -0.1) is 0 Å². The van der Waals surface area contributed by atoms with Crippen LogP contribution in [0.15, 0.2) is 42.6 Å². The molecule has 2 aromatic rings. The minimum absolute atomic E-state index is 0.520. The quantitative estimate of drug-likeness (QED) is 0.932. The van der Waals surface area contributed by atoms with Gasteiger partial charge in [-0.2, -0.15) is 0 Å². The molecule has 1 aromatic carbocycles. The van der Waals surface area contributed by atoms with Crippen molar-refractivity contribution in [1.82, 2.24) is 9.88 Å². The summed E-state index contributed by atoms with van der Waals surface area (Å²) in [6.07, 6.45) is 4.58. The summed E-state index contributed by atoms with van der Waals surface area (Å²) >= 11 is 0. The molecule has 24 heavy (non-hydrogen) atoms. The van der Waals surface area contributed by atoms with Gasteiger partial charge in [-0.1, -0.05) is 12.1 Å². The highest BCUT2D eigenvalue weighted by Crippen LogP contribution is 2.34. The molecule has 1 aromatic heterocycles. The van der Waals surface area contributed by atoms with Crippen molar-refractivity contribution in [3.05, 3.63) is 42.6 Å². The van der Waals surface area contributed by atoms with Gasteiger partial charge >= 0.3 is 0 Å². The van der Waals surface area contributed by atoms with E-state index >= 15 is 0 Å². The zero-order valence-corrected chi connectivity index (χ0v) is 14.4. The van der Waals surface area contributed by atoms with Gasteiger partial charge in [0.1, 0.15) is 11.6 Å². The molecule has 1 N–H and O–H groups in total. The molecular weight excluding hydrogens is 298 g/mol. The molecule has 4 nitrogen and oxygen atoms in total. The van der Waals surface area contributed by atoms with Crippen LogP contribution in [0.1, 0.15) is 19.8 Å². The molecule has 4 heterocycles. The number of ether oxygens (including phenoxy) is 1. The molecule has 5 rings (SSSR count). The molecule has 126 valence electrons. The number of pyridine rings is 1. The van der Waals surface area contributed by atoms with E-state index in [1.165, 1.54) is 25.9 Å². The van der Waals surface area contributed by atoms with E-state index in [0.717, 1.165) is 28.6 Å². The fourth-order valence-corrected chi connectivity index (χ4v) is 4.15. The summed E-state index contributed by atoms with van der Waals surface area (Å²) in [5, 5.41) is 3.69. The Kier molecular flexibility index (Phi) is 4.15. The van der Waals surface area contributed by atoms with Gasteiger partial charge in [0.25, 0.3) is 0 Å². The largest absolute Gasteiger partial charge is 0.497 e. The number of rotatable bonds is 4. The third kappa shape index (κ3) is 2.86. The number of hydrogen-bond acceptors (Lipinski definition) is 4. The smallest absolute Gasteiger partial charge is 0.126 e. The summed E-state index contributed by atoms with van der Waals surface area (Å²) < 4.78 is 5.21. The van der Waals surface area contributed by atoms with Gasteiger partial charge in [0.15, 0.2) is 0 Å². The molecule has 0 saturated carbocycles. The van der Waals surface area contributed by atoms with Crippen LogP contribution in [0.5, 0.6) is 5.75 Å². The minimum atomic E-state index is 0.520. The van der Waals surface area contributed by atoms with Crippen LogP contribution in [-0.2, 0) is 0 Å². The highest BCUT2D eigenvalue weighted by atomic mass is 16.5. The second-order valence-corrected chi connectivity index (χ2v) is 6.94. The molecule has 2 atom stereocenters. The number of fused-ring (bicyclic) bond motifs is 3. The number of nitrogens with zero attached hydrogens (tertiary/aromatic N) is 2. The molecule has 0 amide bonds. The van der Waals surface area contributed by atoms with Crippen LogP contribution in [0, 0.1) is 5.92 Å². The first kappa shape index (κ1) is 15.5. The van der Waals surface area contributed by atoms with Gasteiger partial charge in [0.2, 0.25) is 0 Å².